The molecule has 1 aromatic rings. The fourth-order valence-electron chi connectivity index (χ4n) is 2.41. The highest BCUT2D eigenvalue weighted by Gasteiger charge is 2.22. The van der Waals surface area contributed by atoms with Crippen molar-refractivity contribution in [3.63, 3.8) is 0 Å². The molecule has 0 spiro atoms. The quantitative estimate of drug-likeness (QED) is 0.795. The van der Waals surface area contributed by atoms with E-state index in [4.69, 9.17) is 5.73 Å². The van der Waals surface area contributed by atoms with E-state index in [9.17, 15) is 5.11 Å². The molecule has 84 valence electrons. The first kappa shape index (κ1) is 10.5. The third-order valence-corrected chi connectivity index (χ3v) is 3.40. The fourth-order valence-corrected chi connectivity index (χ4v) is 2.41. The molecule has 3 N–H and O–H groups in total. The first-order valence-electron chi connectivity index (χ1n) is 5.64. The van der Waals surface area contributed by atoms with Gasteiger partial charge in [-0.1, -0.05) is 25.7 Å². The van der Waals surface area contributed by atoms with Crippen molar-refractivity contribution in [2.24, 2.45) is 13.0 Å². The highest BCUT2D eigenvalue weighted by Crippen LogP contribution is 2.34. The predicted octanol–water partition coefficient (Wildman–Crippen LogP) is 1.62. The van der Waals surface area contributed by atoms with Gasteiger partial charge in [0.05, 0.1) is 12.3 Å². The van der Waals surface area contributed by atoms with Crippen molar-refractivity contribution in [1.29, 1.82) is 0 Å². The fraction of sp³-hybridized carbons (Fsp3) is 0.727. The van der Waals surface area contributed by atoms with E-state index in [-0.39, 0.29) is 0 Å². The average Bonchev–Trinajstić information content (AvgIpc) is 2.79. The van der Waals surface area contributed by atoms with Crippen molar-refractivity contribution < 1.29 is 5.11 Å². The highest BCUT2D eigenvalue weighted by molar-refractivity contribution is 5.39. The molecule has 4 heteroatoms. The van der Waals surface area contributed by atoms with Gasteiger partial charge < -0.3 is 10.8 Å². The number of aromatic nitrogens is 2. The zero-order valence-corrected chi connectivity index (χ0v) is 9.19. The lowest BCUT2D eigenvalue weighted by atomic mass is 9.97. The van der Waals surface area contributed by atoms with Gasteiger partial charge in [0.15, 0.2) is 0 Å². The molecule has 0 bridgehead atoms. The van der Waals surface area contributed by atoms with Gasteiger partial charge in [-0.3, -0.25) is 4.68 Å². The van der Waals surface area contributed by atoms with E-state index in [0.717, 1.165) is 12.0 Å². The maximum atomic E-state index is 10.0. The second-order valence-electron chi connectivity index (χ2n) is 4.51. The Hall–Kier alpha value is -1.03. The second kappa shape index (κ2) is 4.23. The summed E-state index contributed by atoms with van der Waals surface area (Å²) in [5.41, 5.74) is 6.60. The average molecular weight is 209 g/mol. The maximum Gasteiger partial charge on any atom is 0.127 e. The van der Waals surface area contributed by atoms with E-state index in [1.165, 1.54) is 25.7 Å². The number of aliphatic hydroxyl groups is 1. The van der Waals surface area contributed by atoms with Crippen molar-refractivity contribution >= 4 is 5.82 Å². The van der Waals surface area contributed by atoms with Gasteiger partial charge in [0, 0.05) is 12.6 Å². The minimum atomic E-state index is -0.443. The molecular weight excluding hydrogens is 190 g/mol. The minimum Gasteiger partial charge on any atom is -0.388 e. The van der Waals surface area contributed by atoms with Crippen LogP contribution in [0.2, 0.25) is 0 Å². The number of rotatable bonds is 3. The normalized spacial score (nSPS) is 19.6. The number of nitrogens with zero attached hydrogens (tertiary/aromatic N) is 2. The number of hydrogen-bond acceptors (Lipinski definition) is 3. The zero-order valence-electron chi connectivity index (χ0n) is 9.19. The summed E-state index contributed by atoms with van der Waals surface area (Å²) >= 11 is 0. The molecule has 1 heterocycles. The summed E-state index contributed by atoms with van der Waals surface area (Å²) in [6, 6.07) is 0. The summed E-state index contributed by atoms with van der Waals surface area (Å²) in [7, 11) is 1.79. The van der Waals surface area contributed by atoms with Crippen LogP contribution < -0.4 is 5.73 Å². The van der Waals surface area contributed by atoms with Crippen molar-refractivity contribution in [3.05, 3.63) is 11.8 Å². The summed E-state index contributed by atoms with van der Waals surface area (Å²) in [5, 5.41) is 14.1. The topological polar surface area (TPSA) is 64.1 Å². The van der Waals surface area contributed by atoms with Gasteiger partial charge in [0.2, 0.25) is 0 Å². The van der Waals surface area contributed by atoms with Crippen molar-refractivity contribution in [2.75, 3.05) is 5.73 Å². The van der Waals surface area contributed by atoms with Crippen molar-refractivity contribution in [2.45, 2.75) is 38.2 Å². The smallest absolute Gasteiger partial charge is 0.127 e. The largest absolute Gasteiger partial charge is 0.388 e. The van der Waals surface area contributed by atoms with Crippen LogP contribution in [-0.4, -0.2) is 14.9 Å². The molecule has 1 saturated carbocycles. The summed E-state index contributed by atoms with van der Waals surface area (Å²) in [6.07, 6.45) is 7.17. The summed E-state index contributed by atoms with van der Waals surface area (Å²) in [5.74, 6) is 1.25. The number of nitrogens with two attached hydrogens (primary N) is 1. The third-order valence-electron chi connectivity index (χ3n) is 3.40. The molecule has 1 unspecified atom stereocenters. The zero-order chi connectivity index (χ0) is 10.8. The van der Waals surface area contributed by atoms with Crippen LogP contribution in [0.3, 0.4) is 0 Å². The van der Waals surface area contributed by atoms with Crippen LogP contribution in [0.4, 0.5) is 5.82 Å². The van der Waals surface area contributed by atoms with Gasteiger partial charge in [-0.2, -0.15) is 5.10 Å². The molecule has 0 amide bonds. The second-order valence-corrected chi connectivity index (χ2v) is 4.51. The molecule has 1 atom stereocenters. The monoisotopic (exact) mass is 209 g/mol. The molecule has 0 aliphatic heterocycles. The molecular formula is C11H19N3O. The lowest BCUT2D eigenvalue weighted by Gasteiger charge is -2.14. The standard InChI is InChI=1S/C11H19N3O/c1-14-11(12)9(7-13-14)10(15)6-8-4-2-3-5-8/h7-8,10,15H,2-6,12H2,1H3. The molecule has 0 saturated heterocycles. The van der Waals surface area contributed by atoms with Crippen LogP contribution in [0.25, 0.3) is 0 Å². The maximum absolute atomic E-state index is 10.0. The lowest BCUT2D eigenvalue weighted by Crippen LogP contribution is -2.07. The number of hydrogen-bond donors (Lipinski definition) is 2. The molecule has 1 aliphatic carbocycles. The first-order chi connectivity index (χ1) is 7.18. The Balaban J connectivity index is 2.00. The lowest BCUT2D eigenvalue weighted by molar-refractivity contribution is 0.145. The Morgan fingerprint density at radius 1 is 1.60 bits per heavy atom. The van der Waals surface area contributed by atoms with Gasteiger partial charge in [-0.25, -0.2) is 0 Å². The third kappa shape index (κ3) is 2.15. The Morgan fingerprint density at radius 2 is 2.27 bits per heavy atom. The summed E-state index contributed by atoms with van der Waals surface area (Å²) in [6.45, 7) is 0. The number of anilines is 1. The van der Waals surface area contributed by atoms with Gasteiger partial charge in [-0.05, 0) is 12.3 Å². The van der Waals surface area contributed by atoms with Gasteiger partial charge in [-0.15, -0.1) is 0 Å². The van der Waals surface area contributed by atoms with E-state index in [1.54, 1.807) is 17.9 Å². The summed E-state index contributed by atoms with van der Waals surface area (Å²) in [4.78, 5) is 0. The molecule has 1 aromatic heterocycles. The Labute approximate surface area is 90.1 Å². The van der Waals surface area contributed by atoms with Crippen LogP contribution in [0.5, 0.6) is 0 Å². The number of nitrogen functional groups attached to an aromatic ring is 1. The van der Waals surface area contributed by atoms with Crippen LogP contribution >= 0.6 is 0 Å². The molecule has 4 nitrogen and oxygen atoms in total. The van der Waals surface area contributed by atoms with Crippen LogP contribution in [0.1, 0.15) is 43.8 Å². The van der Waals surface area contributed by atoms with Crippen molar-refractivity contribution in [3.8, 4) is 0 Å². The molecule has 15 heavy (non-hydrogen) atoms. The first-order valence-corrected chi connectivity index (χ1v) is 5.64. The SMILES string of the molecule is Cn1ncc(C(O)CC2CCCC2)c1N. The van der Waals surface area contributed by atoms with E-state index < -0.39 is 6.10 Å². The van der Waals surface area contributed by atoms with Crippen LogP contribution in [0, 0.1) is 5.92 Å². The van der Waals surface area contributed by atoms with E-state index in [1.807, 2.05) is 0 Å². The molecule has 0 aromatic carbocycles. The number of aryl methyl sites for hydroxylation is 1. The van der Waals surface area contributed by atoms with Gasteiger partial charge in [0.1, 0.15) is 5.82 Å². The Kier molecular flexibility index (Phi) is 2.95. The van der Waals surface area contributed by atoms with Crippen molar-refractivity contribution in [1.82, 2.24) is 9.78 Å². The van der Waals surface area contributed by atoms with Gasteiger partial charge >= 0.3 is 0 Å². The summed E-state index contributed by atoms with van der Waals surface area (Å²) < 4.78 is 1.60. The Morgan fingerprint density at radius 3 is 2.80 bits per heavy atom. The number of aliphatic hydroxyl groups excluding tert-OH is 1. The van der Waals surface area contributed by atoms with Gasteiger partial charge in [0.25, 0.3) is 0 Å². The molecule has 2 rings (SSSR count). The Bertz CT molecular complexity index is 329. The van der Waals surface area contributed by atoms with Crippen LogP contribution in [-0.2, 0) is 7.05 Å². The van der Waals surface area contributed by atoms with E-state index in [0.29, 0.717) is 11.7 Å². The van der Waals surface area contributed by atoms with E-state index >= 15 is 0 Å². The highest BCUT2D eigenvalue weighted by atomic mass is 16.3. The minimum absolute atomic E-state index is 0.443. The van der Waals surface area contributed by atoms with Crippen LogP contribution in [0.15, 0.2) is 6.20 Å². The molecule has 0 radical (unpaired) electrons. The molecule has 1 aliphatic rings. The predicted molar refractivity (Wildman–Crippen MR) is 59.2 cm³/mol. The van der Waals surface area contributed by atoms with E-state index in [2.05, 4.69) is 5.10 Å². The molecule has 1 fully saturated rings.